The van der Waals surface area contributed by atoms with Crippen molar-refractivity contribution in [3.05, 3.63) is 23.5 Å². The minimum absolute atomic E-state index is 0.108. The number of nitrogens with zero attached hydrogens (tertiary/aromatic N) is 5. The highest BCUT2D eigenvalue weighted by Crippen LogP contribution is 2.33. The molecular formula is C21H27N7O4S. The summed E-state index contributed by atoms with van der Waals surface area (Å²) in [7, 11) is 1.50. The zero-order valence-electron chi connectivity index (χ0n) is 18.7. The van der Waals surface area contributed by atoms with Crippen LogP contribution in [0.2, 0.25) is 0 Å². The number of ether oxygens (including phenoxy) is 1. The third-order valence-corrected chi connectivity index (χ3v) is 6.64. The van der Waals surface area contributed by atoms with Crippen LogP contribution in [0.25, 0.3) is 16.2 Å². The van der Waals surface area contributed by atoms with Crippen LogP contribution in [0.15, 0.2) is 17.8 Å². The number of piperidine rings is 1. The number of amides is 2. The first kappa shape index (κ1) is 22.8. The summed E-state index contributed by atoms with van der Waals surface area (Å²) in [5.74, 6) is 0.874. The highest BCUT2D eigenvalue weighted by Gasteiger charge is 2.30. The van der Waals surface area contributed by atoms with Crippen molar-refractivity contribution in [1.82, 2.24) is 29.8 Å². The summed E-state index contributed by atoms with van der Waals surface area (Å²) in [5.41, 5.74) is 0.909. The fourth-order valence-electron chi connectivity index (χ4n) is 3.77. The minimum atomic E-state index is -1.05. The first-order chi connectivity index (χ1) is 15.9. The molecule has 0 aromatic carbocycles. The van der Waals surface area contributed by atoms with E-state index < -0.39 is 6.09 Å². The number of carbonyl (C=O) groups excluding carboxylic acids is 1. The number of methoxy groups -OCH3 is 1. The van der Waals surface area contributed by atoms with Gasteiger partial charge in [0.1, 0.15) is 4.83 Å². The third kappa shape index (κ3) is 4.70. The van der Waals surface area contributed by atoms with Gasteiger partial charge < -0.3 is 25.4 Å². The van der Waals surface area contributed by atoms with Gasteiger partial charge in [-0.15, -0.1) is 11.3 Å². The summed E-state index contributed by atoms with van der Waals surface area (Å²) in [4.78, 5) is 36.3. The Balaban J connectivity index is 1.71. The number of carbonyl (C=O) groups is 2. The van der Waals surface area contributed by atoms with Crippen LogP contribution in [0.5, 0.6) is 5.75 Å². The zero-order valence-corrected chi connectivity index (χ0v) is 19.6. The molecule has 1 aliphatic rings. The molecule has 0 unspecified atom stereocenters. The molecule has 0 saturated carbocycles. The topological polar surface area (TPSA) is 134 Å². The summed E-state index contributed by atoms with van der Waals surface area (Å²) < 4.78 is 7.36. The molecule has 1 fully saturated rings. The largest absolute Gasteiger partial charge is 0.491 e. The Morgan fingerprint density at radius 2 is 2.09 bits per heavy atom. The van der Waals surface area contributed by atoms with E-state index in [1.807, 2.05) is 18.5 Å². The maximum absolute atomic E-state index is 13.5. The molecule has 1 atom stereocenters. The van der Waals surface area contributed by atoms with Crippen LogP contribution in [0.4, 0.5) is 10.6 Å². The SMILES string of the molecule is CC[C@H](C)Nc1nc(-c2cnn3ccsc23)nc(C(=O)N2CCC(NC(=O)O)CC2)c1OC. The van der Waals surface area contributed by atoms with Crippen molar-refractivity contribution in [2.45, 2.75) is 45.2 Å². The van der Waals surface area contributed by atoms with Crippen molar-refractivity contribution < 1.29 is 19.4 Å². The maximum atomic E-state index is 13.5. The monoisotopic (exact) mass is 473 g/mol. The van der Waals surface area contributed by atoms with Crippen LogP contribution in [0, 0.1) is 0 Å². The highest BCUT2D eigenvalue weighted by atomic mass is 32.1. The number of carboxylic acid groups (broad SMARTS) is 1. The van der Waals surface area contributed by atoms with Gasteiger partial charge in [-0.2, -0.15) is 5.10 Å². The predicted octanol–water partition coefficient (Wildman–Crippen LogP) is 2.94. The molecule has 0 spiro atoms. The summed E-state index contributed by atoms with van der Waals surface area (Å²) in [6.07, 6.45) is 4.43. The molecule has 33 heavy (non-hydrogen) atoms. The number of anilines is 1. The lowest BCUT2D eigenvalue weighted by atomic mass is 10.0. The van der Waals surface area contributed by atoms with Crippen molar-refractivity contribution in [3.8, 4) is 17.1 Å². The lowest BCUT2D eigenvalue weighted by Crippen LogP contribution is -2.46. The van der Waals surface area contributed by atoms with E-state index in [9.17, 15) is 9.59 Å². The van der Waals surface area contributed by atoms with Gasteiger partial charge in [0.15, 0.2) is 23.1 Å². The molecule has 2 amide bonds. The molecule has 0 bridgehead atoms. The number of hydrogen-bond donors (Lipinski definition) is 3. The van der Waals surface area contributed by atoms with Gasteiger partial charge in [-0.1, -0.05) is 6.92 Å². The van der Waals surface area contributed by atoms with Gasteiger partial charge in [0.05, 0.1) is 18.9 Å². The number of likely N-dealkylation sites (tertiary alicyclic amines) is 1. The second-order valence-corrected chi connectivity index (χ2v) is 8.85. The number of fused-ring (bicyclic) bond motifs is 1. The average Bonchev–Trinajstić information content (AvgIpc) is 3.42. The Bertz CT molecular complexity index is 1150. The average molecular weight is 474 g/mol. The maximum Gasteiger partial charge on any atom is 0.404 e. The van der Waals surface area contributed by atoms with Gasteiger partial charge in [0, 0.05) is 36.8 Å². The van der Waals surface area contributed by atoms with E-state index in [1.54, 1.807) is 15.6 Å². The van der Waals surface area contributed by atoms with Crippen LogP contribution >= 0.6 is 11.3 Å². The molecule has 12 heteroatoms. The number of aromatic nitrogens is 4. The molecule has 4 rings (SSSR count). The third-order valence-electron chi connectivity index (χ3n) is 5.75. The van der Waals surface area contributed by atoms with Gasteiger partial charge >= 0.3 is 6.09 Å². The second-order valence-electron chi connectivity index (χ2n) is 7.96. The Labute approximate surface area is 194 Å². The van der Waals surface area contributed by atoms with Gasteiger partial charge in [0.2, 0.25) is 0 Å². The summed E-state index contributed by atoms with van der Waals surface area (Å²) in [6.45, 7) is 4.92. The molecule has 3 aromatic rings. The van der Waals surface area contributed by atoms with Crippen molar-refractivity contribution >= 4 is 34.0 Å². The van der Waals surface area contributed by atoms with E-state index in [4.69, 9.17) is 14.8 Å². The normalized spacial score (nSPS) is 15.4. The zero-order chi connectivity index (χ0) is 23.5. The standard InChI is InChI=1S/C21H27N7O4S/c1-4-12(2)23-18-16(32-3)15(19(29)27-7-5-13(6-8-27)24-21(30)31)25-17(26-18)14-11-22-28-9-10-33-20(14)28/h9-13,24H,4-8H2,1-3H3,(H,30,31)(H,23,25,26)/t12-/m0/s1. The van der Waals surface area contributed by atoms with Crippen LogP contribution in [-0.4, -0.2) is 73.9 Å². The molecule has 3 aromatic heterocycles. The number of thiazole rings is 1. The molecular weight excluding hydrogens is 446 g/mol. The lowest BCUT2D eigenvalue weighted by Gasteiger charge is -2.32. The van der Waals surface area contributed by atoms with Gasteiger partial charge in [-0.25, -0.2) is 19.3 Å². The number of nitrogens with one attached hydrogen (secondary N) is 2. The summed E-state index contributed by atoms with van der Waals surface area (Å²) in [6, 6.07) is -0.0621. The molecule has 176 valence electrons. The van der Waals surface area contributed by atoms with E-state index in [-0.39, 0.29) is 23.7 Å². The Morgan fingerprint density at radius 3 is 2.76 bits per heavy atom. The summed E-state index contributed by atoms with van der Waals surface area (Å²) >= 11 is 1.52. The lowest BCUT2D eigenvalue weighted by molar-refractivity contribution is 0.0696. The predicted molar refractivity (Wildman–Crippen MR) is 124 cm³/mol. The van der Waals surface area contributed by atoms with E-state index in [1.165, 1.54) is 18.4 Å². The van der Waals surface area contributed by atoms with Crippen molar-refractivity contribution in [2.24, 2.45) is 0 Å². The molecule has 0 aliphatic carbocycles. The second kappa shape index (κ2) is 9.61. The van der Waals surface area contributed by atoms with Crippen molar-refractivity contribution in [3.63, 3.8) is 0 Å². The van der Waals surface area contributed by atoms with E-state index in [2.05, 4.69) is 27.6 Å². The Kier molecular flexibility index (Phi) is 6.63. The quantitative estimate of drug-likeness (QED) is 0.477. The van der Waals surface area contributed by atoms with E-state index >= 15 is 0 Å². The van der Waals surface area contributed by atoms with Crippen LogP contribution in [0.3, 0.4) is 0 Å². The molecule has 3 N–H and O–H groups in total. The first-order valence-corrected chi connectivity index (χ1v) is 11.7. The van der Waals surface area contributed by atoms with Gasteiger partial charge in [0.25, 0.3) is 5.91 Å². The molecule has 4 heterocycles. The molecule has 1 saturated heterocycles. The van der Waals surface area contributed by atoms with E-state index in [0.29, 0.717) is 43.3 Å². The molecule has 1 aliphatic heterocycles. The number of hydrogen-bond acceptors (Lipinski definition) is 8. The Hall–Kier alpha value is -3.41. The minimum Gasteiger partial charge on any atom is -0.491 e. The van der Waals surface area contributed by atoms with Crippen molar-refractivity contribution in [1.29, 1.82) is 0 Å². The Morgan fingerprint density at radius 1 is 1.33 bits per heavy atom. The van der Waals surface area contributed by atoms with Crippen LogP contribution < -0.4 is 15.4 Å². The van der Waals surface area contributed by atoms with Gasteiger partial charge in [-0.3, -0.25) is 4.79 Å². The molecule has 11 nitrogen and oxygen atoms in total. The first-order valence-electron chi connectivity index (χ1n) is 10.8. The molecule has 0 radical (unpaired) electrons. The smallest absolute Gasteiger partial charge is 0.404 e. The van der Waals surface area contributed by atoms with Crippen molar-refractivity contribution in [2.75, 3.05) is 25.5 Å². The van der Waals surface area contributed by atoms with E-state index in [0.717, 1.165) is 16.8 Å². The van der Waals surface area contributed by atoms with Crippen LogP contribution in [-0.2, 0) is 0 Å². The van der Waals surface area contributed by atoms with Crippen LogP contribution in [0.1, 0.15) is 43.6 Å². The fourth-order valence-corrected chi connectivity index (χ4v) is 4.57. The summed E-state index contributed by atoms with van der Waals surface area (Å²) in [5, 5.41) is 21.1. The number of rotatable bonds is 7. The highest BCUT2D eigenvalue weighted by molar-refractivity contribution is 7.16. The fraction of sp³-hybridized carbons (Fsp3) is 0.476. The van der Waals surface area contributed by atoms with Gasteiger partial charge in [-0.05, 0) is 26.2 Å².